The van der Waals surface area contributed by atoms with Crippen LogP contribution in [0.5, 0.6) is 11.5 Å². The summed E-state index contributed by atoms with van der Waals surface area (Å²) in [6, 6.07) is 13.3. The molecule has 1 amide bonds. The quantitative estimate of drug-likeness (QED) is 0.233. The molecule has 3 unspecified atom stereocenters. The summed E-state index contributed by atoms with van der Waals surface area (Å²) in [4.78, 5) is 27.9. The Labute approximate surface area is 234 Å². The molecule has 0 bridgehead atoms. The molecule has 1 saturated heterocycles. The highest BCUT2D eigenvalue weighted by Gasteiger charge is 2.49. The van der Waals surface area contributed by atoms with Crippen molar-refractivity contribution in [1.29, 1.82) is 0 Å². The number of nitrogens with one attached hydrogen (secondary N) is 2. The molecule has 1 aliphatic carbocycles. The number of benzene rings is 3. The Morgan fingerprint density at radius 3 is 2.55 bits per heavy atom. The van der Waals surface area contributed by atoms with Gasteiger partial charge >= 0.3 is 0 Å². The van der Waals surface area contributed by atoms with Gasteiger partial charge < -0.3 is 32.6 Å². The van der Waals surface area contributed by atoms with Gasteiger partial charge in [-0.15, -0.1) is 11.3 Å². The summed E-state index contributed by atoms with van der Waals surface area (Å²) in [7, 11) is 0. The summed E-state index contributed by atoms with van der Waals surface area (Å²) in [5.41, 5.74) is 21.3. The van der Waals surface area contributed by atoms with Crippen molar-refractivity contribution >= 4 is 38.8 Å². The highest BCUT2D eigenvalue weighted by Crippen LogP contribution is 2.50. The van der Waals surface area contributed by atoms with Crippen LogP contribution < -0.4 is 32.6 Å². The van der Waals surface area contributed by atoms with Crippen molar-refractivity contribution in [3.8, 4) is 11.5 Å². The Kier molecular flexibility index (Phi) is 6.58. The van der Waals surface area contributed by atoms with Crippen LogP contribution in [0.1, 0.15) is 50.8 Å². The van der Waals surface area contributed by atoms with Gasteiger partial charge in [0.25, 0.3) is 5.91 Å². The largest absolute Gasteiger partial charge is 0.457 e. The topological polar surface area (TPSA) is 145 Å². The average molecular weight is 560 g/mol. The molecule has 1 aliphatic heterocycles. The molecule has 8 N–H and O–H groups in total. The molecule has 3 atom stereocenters. The van der Waals surface area contributed by atoms with Crippen molar-refractivity contribution in [3.05, 3.63) is 87.5 Å². The highest BCUT2D eigenvalue weighted by atomic mass is 32.1. The molecule has 1 fully saturated rings. The minimum absolute atomic E-state index is 0.00196. The number of rotatable bonds is 5. The Morgan fingerprint density at radius 2 is 1.85 bits per heavy atom. The zero-order valence-electron chi connectivity index (χ0n) is 21.9. The third kappa shape index (κ3) is 4.24. The molecule has 2 aliphatic rings. The molecule has 10 heteroatoms. The summed E-state index contributed by atoms with van der Waals surface area (Å²) in [5.74, 6) is -0.0383. The highest BCUT2D eigenvalue weighted by molar-refractivity contribution is 7.21. The van der Waals surface area contributed by atoms with Crippen LogP contribution in [0.15, 0.2) is 54.6 Å². The maximum atomic E-state index is 14.1. The van der Waals surface area contributed by atoms with Crippen molar-refractivity contribution in [3.63, 3.8) is 0 Å². The molecule has 6 rings (SSSR count). The standard InChI is InChI=1S/C30H30FN5O3S/c1-15-13-19(39-18-6-4-16(31)5-7-18)8-9-20(15)30(34)21-10-11-22(32)26-23(21)24(25(33)28(30)37)27(40-26)29(38)36-17-3-2-12-35-14-17/h4-11,13,17,25,35H,2-3,12,14,32-34H2,1H3,(H,36,38). The van der Waals surface area contributed by atoms with Gasteiger partial charge in [0, 0.05) is 29.2 Å². The number of nitrogen functional groups attached to an aromatic ring is 1. The van der Waals surface area contributed by atoms with Crippen LogP contribution >= 0.6 is 11.3 Å². The number of aryl methyl sites for hydroxylation is 1. The van der Waals surface area contributed by atoms with Crippen LogP contribution in [0.4, 0.5) is 10.1 Å². The molecule has 8 nitrogen and oxygen atoms in total. The number of nitrogens with two attached hydrogens (primary N) is 3. The first-order valence-electron chi connectivity index (χ1n) is 13.2. The predicted molar refractivity (Wildman–Crippen MR) is 154 cm³/mol. The molecule has 2 heterocycles. The van der Waals surface area contributed by atoms with Crippen LogP contribution in [-0.2, 0) is 10.3 Å². The van der Waals surface area contributed by atoms with E-state index in [-0.39, 0.29) is 17.8 Å². The summed E-state index contributed by atoms with van der Waals surface area (Å²) in [6.07, 6.45) is 1.85. The van der Waals surface area contributed by atoms with Gasteiger partial charge in [-0.1, -0.05) is 12.1 Å². The number of hydrogen-bond donors (Lipinski definition) is 5. The van der Waals surface area contributed by atoms with Crippen LogP contribution in [-0.4, -0.2) is 30.8 Å². The smallest absolute Gasteiger partial charge is 0.262 e. The van der Waals surface area contributed by atoms with Gasteiger partial charge in [0.05, 0.1) is 15.6 Å². The molecule has 206 valence electrons. The summed E-state index contributed by atoms with van der Waals surface area (Å²) in [6.45, 7) is 3.46. The van der Waals surface area contributed by atoms with E-state index in [1.54, 1.807) is 30.3 Å². The van der Waals surface area contributed by atoms with E-state index >= 15 is 0 Å². The number of anilines is 1. The van der Waals surface area contributed by atoms with E-state index < -0.39 is 17.4 Å². The van der Waals surface area contributed by atoms with E-state index in [9.17, 15) is 14.0 Å². The van der Waals surface area contributed by atoms with Crippen LogP contribution in [0.2, 0.25) is 0 Å². The molecule has 3 aromatic carbocycles. The first-order chi connectivity index (χ1) is 19.2. The second-order valence-electron chi connectivity index (χ2n) is 10.5. The maximum absolute atomic E-state index is 14.1. The molecule has 1 aromatic heterocycles. The van der Waals surface area contributed by atoms with Gasteiger partial charge in [-0.3, -0.25) is 9.59 Å². The van der Waals surface area contributed by atoms with Crippen molar-refractivity contribution in [2.24, 2.45) is 11.5 Å². The normalized spacial score (nSPS) is 22.4. The van der Waals surface area contributed by atoms with E-state index in [0.29, 0.717) is 60.9 Å². The monoisotopic (exact) mass is 559 g/mol. The minimum atomic E-state index is -1.57. The third-order valence-electron chi connectivity index (χ3n) is 7.82. The van der Waals surface area contributed by atoms with Crippen LogP contribution in [0, 0.1) is 12.7 Å². The number of carbonyl (C=O) groups is 2. The lowest BCUT2D eigenvalue weighted by atomic mass is 9.69. The Bertz CT molecular complexity index is 1650. The molecule has 0 radical (unpaired) electrons. The first kappa shape index (κ1) is 26.4. The first-order valence-corrected chi connectivity index (χ1v) is 14.0. The molecular formula is C30H30FN5O3S. The Balaban J connectivity index is 1.43. The number of piperidine rings is 1. The van der Waals surface area contributed by atoms with Crippen molar-refractivity contribution < 1.29 is 18.7 Å². The summed E-state index contributed by atoms with van der Waals surface area (Å²) in [5, 5.41) is 7.05. The Hall–Kier alpha value is -3.83. The van der Waals surface area contributed by atoms with Crippen LogP contribution in [0.3, 0.4) is 0 Å². The maximum Gasteiger partial charge on any atom is 0.262 e. The van der Waals surface area contributed by atoms with E-state index in [1.165, 1.54) is 35.6 Å². The molecule has 40 heavy (non-hydrogen) atoms. The van der Waals surface area contributed by atoms with Crippen molar-refractivity contribution in [2.75, 3.05) is 18.8 Å². The molecule has 0 saturated carbocycles. The van der Waals surface area contributed by atoms with Crippen LogP contribution in [0.25, 0.3) is 10.1 Å². The van der Waals surface area contributed by atoms with Gasteiger partial charge in [0.1, 0.15) is 22.9 Å². The lowest BCUT2D eigenvalue weighted by Gasteiger charge is -2.37. The van der Waals surface area contributed by atoms with E-state index in [2.05, 4.69) is 10.6 Å². The fourth-order valence-electron chi connectivity index (χ4n) is 5.83. The number of ketones is 1. The molecular weight excluding hydrogens is 529 g/mol. The third-order valence-corrected chi connectivity index (χ3v) is 9.08. The van der Waals surface area contributed by atoms with Gasteiger partial charge in [-0.25, -0.2) is 4.39 Å². The second kappa shape index (κ2) is 9.97. The zero-order chi connectivity index (χ0) is 28.2. The minimum Gasteiger partial charge on any atom is -0.457 e. The number of hydrogen-bond acceptors (Lipinski definition) is 8. The number of amides is 1. The number of ether oxygens (including phenoxy) is 1. The number of Topliss-reactive ketones (excluding diaryl/α,β-unsaturated/α-hetero) is 1. The Morgan fingerprint density at radius 1 is 1.12 bits per heavy atom. The van der Waals surface area contributed by atoms with E-state index in [4.69, 9.17) is 21.9 Å². The number of halogens is 1. The average Bonchev–Trinajstić information content (AvgIpc) is 3.35. The number of carbonyl (C=O) groups excluding carboxylic acids is 2. The van der Waals surface area contributed by atoms with Gasteiger partial charge in [-0.2, -0.15) is 0 Å². The number of thiophene rings is 1. The SMILES string of the molecule is Cc1cc(Oc2ccc(F)cc2)ccc1C1(N)C(=O)C(N)c2c(C(=O)NC3CCCNC3)sc3c(N)ccc1c23. The fraction of sp³-hybridized carbons (Fsp3) is 0.267. The van der Waals surface area contributed by atoms with Gasteiger partial charge in [-0.05, 0) is 85.5 Å². The predicted octanol–water partition coefficient (Wildman–Crippen LogP) is 3.99. The van der Waals surface area contributed by atoms with Crippen molar-refractivity contribution in [2.45, 2.75) is 37.4 Å². The lowest BCUT2D eigenvalue weighted by molar-refractivity contribution is -0.124. The molecule has 0 spiro atoms. The second-order valence-corrected chi connectivity index (χ2v) is 11.5. The van der Waals surface area contributed by atoms with E-state index in [0.717, 1.165) is 19.4 Å². The zero-order valence-corrected chi connectivity index (χ0v) is 22.7. The molecule has 4 aromatic rings. The lowest BCUT2D eigenvalue weighted by Crippen LogP contribution is -2.53. The van der Waals surface area contributed by atoms with Gasteiger partial charge in [0.2, 0.25) is 0 Å². The fourth-order valence-corrected chi connectivity index (χ4v) is 7.04. The van der Waals surface area contributed by atoms with E-state index in [1.807, 2.05) is 6.92 Å². The van der Waals surface area contributed by atoms with Crippen molar-refractivity contribution in [1.82, 2.24) is 10.6 Å². The summed E-state index contributed by atoms with van der Waals surface area (Å²) < 4.78 is 19.9. The van der Waals surface area contributed by atoms with Gasteiger partial charge in [0.15, 0.2) is 5.78 Å². The summed E-state index contributed by atoms with van der Waals surface area (Å²) >= 11 is 1.24.